The summed E-state index contributed by atoms with van der Waals surface area (Å²) in [5.74, 6) is 0. The lowest BCUT2D eigenvalue weighted by Crippen LogP contribution is -2.23. The van der Waals surface area contributed by atoms with Gasteiger partial charge in [-0.2, -0.15) is 0 Å². The molecule has 0 atom stereocenters. The van der Waals surface area contributed by atoms with Crippen molar-refractivity contribution in [2.24, 2.45) is 0 Å². The van der Waals surface area contributed by atoms with Gasteiger partial charge in [0.25, 0.3) is 0 Å². The van der Waals surface area contributed by atoms with Crippen LogP contribution >= 0.6 is 0 Å². The van der Waals surface area contributed by atoms with Crippen LogP contribution in [-0.2, 0) is 0 Å². The van der Waals surface area contributed by atoms with Crippen molar-refractivity contribution in [1.29, 1.82) is 0 Å². The fraction of sp³-hybridized carbons (Fsp3) is 0.929. The second-order valence-electron chi connectivity index (χ2n) is 4.83. The van der Waals surface area contributed by atoms with Crippen LogP contribution in [0, 0.1) is 6.92 Å². The second kappa shape index (κ2) is 13.0. The Hall–Kier alpha value is -0.0800. The van der Waals surface area contributed by atoms with Gasteiger partial charge in [-0.15, -0.1) is 0 Å². The van der Waals surface area contributed by atoms with E-state index in [1.54, 1.807) is 0 Å². The molecule has 0 aliphatic rings. The first-order chi connectivity index (χ1) is 7.77. The zero-order chi connectivity index (χ0) is 12.1. The standard InChI is InChI=1S/C14H31N2/c1-4-5-6-8-11-15-12-9-7-10-13-16-14(2)3/h14-16H,1,4-13H2,2-3H3. The lowest BCUT2D eigenvalue weighted by molar-refractivity contribution is 0.530. The monoisotopic (exact) mass is 227 g/mol. The average molecular weight is 227 g/mol. The fourth-order valence-electron chi connectivity index (χ4n) is 1.67. The predicted octanol–water partition coefficient (Wildman–Crippen LogP) is 3.14. The maximum atomic E-state index is 3.85. The van der Waals surface area contributed by atoms with Crippen LogP contribution in [0.1, 0.15) is 58.8 Å². The number of rotatable bonds is 12. The highest BCUT2D eigenvalue weighted by Crippen LogP contribution is 1.97. The Morgan fingerprint density at radius 1 is 0.812 bits per heavy atom. The number of nitrogens with one attached hydrogen (secondary N) is 2. The zero-order valence-corrected chi connectivity index (χ0v) is 11.4. The molecule has 1 radical (unpaired) electrons. The van der Waals surface area contributed by atoms with E-state index < -0.39 is 0 Å². The Bertz CT molecular complexity index is 124. The van der Waals surface area contributed by atoms with Crippen molar-refractivity contribution in [2.75, 3.05) is 19.6 Å². The third-order valence-electron chi connectivity index (χ3n) is 2.69. The minimum Gasteiger partial charge on any atom is -0.317 e. The maximum Gasteiger partial charge on any atom is 0.00103 e. The largest absolute Gasteiger partial charge is 0.317 e. The first kappa shape index (κ1) is 15.9. The van der Waals surface area contributed by atoms with Gasteiger partial charge in [0, 0.05) is 6.04 Å². The third-order valence-corrected chi connectivity index (χ3v) is 2.69. The first-order valence-corrected chi connectivity index (χ1v) is 7.00. The molecule has 2 heteroatoms. The minimum atomic E-state index is 0.631. The van der Waals surface area contributed by atoms with Crippen molar-refractivity contribution < 1.29 is 0 Å². The molecule has 16 heavy (non-hydrogen) atoms. The summed E-state index contributed by atoms with van der Waals surface area (Å²) in [6.45, 7) is 11.8. The van der Waals surface area contributed by atoms with Crippen LogP contribution in [0.5, 0.6) is 0 Å². The third kappa shape index (κ3) is 13.9. The van der Waals surface area contributed by atoms with Crippen LogP contribution in [-0.4, -0.2) is 25.7 Å². The van der Waals surface area contributed by atoms with E-state index in [2.05, 4.69) is 31.4 Å². The fourth-order valence-corrected chi connectivity index (χ4v) is 1.67. The molecule has 2 N–H and O–H groups in total. The number of unbranched alkanes of at least 4 members (excludes halogenated alkanes) is 5. The Morgan fingerprint density at radius 2 is 1.38 bits per heavy atom. The summed E-state index contributed by atoms with van der Waals surface area (Å²) in [7, 11) is 0. The molecule has 0 amide bonds. The highest BCUT2D eigenvalue weighted by atomic mass is 14.9. The van der Waals surface area contributed by atoms with Crippen molar-refractivity contribution in [1.82, 2.24) is 10.6 Å². The molecule has 0 unspecified atom stereocenters. The van der Waals surface area contributed by atoms with Gasteiger partial charge in [-0.1, -0.05) is 46.5 Å². The molecule has 0 heterocycles. The van der Waals surface area contributed by atoms with Crippen LogP contribution in [0.4, 0.5) is 0 Å². The van der Waals surface area contributed by atoms with Crippen molar-refractivity contribution in [2.45, 2.75) is 64.8 Å². The Kier molecular flexibility index (Phi) is 12.9. The van der Waals surface area contributed by atoms with Crippen LogP contribution in [0.25, 0.3) is 0 Å². The van der Waals surface area contributed by atoms with E-state index in [4.69, 9.17) is 0 Å². The van der Waals surface area contributed by atoms with E-state index in [1.165, 1.54) is 58.2 Å². The van der Waals surface area contributed by atoms with Crippen LogP contribution in [0.2, 0.25) is 0 Å². The Labute approximate surface area is 103 Å². The summed E-state index contributed by atoms with van der Waals surface area (Å²) in [6, 6.07) is 0.631. The quantitative estimate of drug-likeness (QED) is 0.501. The lowest BCUT2D eigenvalue weighted by atomic mass is 10.2. The van der Waals surface area contributed by atoms with E-state index in [0.717, 1.165) is 6.42 Å². The normalized spacial score (nSPS) is 11.2. The summed E-state index contributed by atoms with van der Waals surface area (Å²) in [5.41, 5.74) is 0. The summed E-state index contributed by atoms with van der Waals surface area (Å²) in [5, 5.41) is 6.95. The van der Waals surface area contributed by atoms with E-state index in [-0.39, 0.29) is 0 Å². The summed E-state index contributed by atoms with van der Waals surface area (Å²) in [6.07, 6.45) is 8.96. The van der Waals surface area contributed by atoms with Crippen LogP contribution in [0.15, 0.2) is 0 Å². The summed E-state index contributed by atoms with van der Waals surface area (Å²) >= 11 is 0. The smallest absolute Gasteiger partial charge is 0.00103 e. The molecule has 0 aromatic carbocycles. The van der Waals surface area contributed by atoms with E-state index >= 15 is 0 Å². The van der Waals surface area contributed by atoms with Gasteiger partial charge in [-0.05, 0) is 38.9 Å². The molecule has 0 aliphatic carbocycles. The number of hydrogen-bond donors (Lipinski definition) is 2. The van der Waals surface area contributed by atoms with Gasteiger partial charge < -0.3 is 10.6 Å². The molecule has 0 rings (SSSR count). The molecule has 97 valence electrons. The summed E-state index contributed by atoms with van der Waals surface area (Å²) in [4.78, 5) is 0. The van der Waals surface area contributed by atoms with Gasteiger partial charge in [0.05, 0.1) is 0 Å². The van der Waals surface area contributed by atoms with Gasteiger partial charge in [0.1, 0.15) is 0 Å². The minimum absolute atomic E-state index is 0.631. The highest BCUT2D eigenvalue weighted by molar-refractivity contribution is 4.55. The molecule has 0 aliphatic heterocycles. The zero-order valence-electron chi connectivity index (χ0n) is 11.4. The number of hydrogen-bond acceptors (Lipinski definition) is 2. The Morgan fingerprint density at radius 3 is 1.94 bits per heavy atom. The van der Waals surface area contributed by atoms with Gasteiger partial charge in [-0.25, -0.2) is 0 Å². The average Bonchev–Trinajstić information content (AvgIpc) is 2.25. The maximum absolute atomic E-state index is 3.85. The van der Waals surface area contributed by atoms with Gasteiger partial charge in [-0.3, -0.25) is 0 Å². The van der Waals surface area contributed by atoms with E-state index in [1.807, 2.05) is 0 Å². The molecule has 0 saturated carbocycles. The van der Waals surface area contributed by atoms with Crippen molar-refractivity contribution in [3.63, 3.8) is 0 Å². The van der Waals surface area contributed by atoms with E-state index in [0.29, 0.717) is 6.04 Å². The highest BCUT2D eigenvalue weighted by Gasteiger charge is 1.93. The molecule has 0 spiro atoms. The van der Waals surface area contributed by atoms with E-state index in [9.17, 15) is 0 Å². The Balaban J connectivity index is 2.88. The van der Waals surface area contributed by atoms with Crippen LogP contribution in [0.3, 0.4) is 0 Å². The molecule has 0 bridgehead atoms. The molecule has 0 fully saturated rings. The molecule has 0 aromatic heterocycles. The van der Waals surface area contributed by atoms with Crippen molar-refractivity contribution in [3.05, 3.63) is 6.92 Å². The van der Waals surface area contributed by atoms with Gasteiger partial charge in [0.2, 0.25) is 0 Å². The predicted molar refractivity (Wildman–Crippen MR) is 73.7 cm³/mol. The molecular weight excluding hydrogens is 196 g/mol. The molecule has 2 nitrogen and oxygen atoms in total. The molecule has 0 saturated heterocycles. The topological polar surface area (TPSA) is 24.1 Å². The summed E-state index contributed by atoms with van der Waals surface area (Å²) < 4.78 is 0. The first-order valence-electron chi connectivity index (χ1n) is 7.00. The second-order valence-corrected chi connectivity index (χ2v) is 4.83. The lowest BCUT2D eigenvalue weighted by Gasteiger charge is -2.08. The van der Waals surface area contributed by atoms with Gasteiger partial charge in [0.15, 0.2) is 0 Å². The molecule has 0 aromatic rings. The van der Waals surface area contributed by atoms with Crippen molar-refractivity contribution in [3.8, 4) is 0 Å². The van der Waals surface area contributed by atoms with Crippen molar-refractivity contribution >= 4 is 0 Å². The van der Waals surface area contributed by atoms with Crippen LogP contribution < -0.4 is 10.6 Å². The SMILES string of the molecule is [CH2]CCCCCNCCCCCNC(C)C. The molecular formula is C14H31N2. The van der Waals surface area contributed by atoms with Gasteiger partial charge >= 0.3 is 0 Å².